The van der Waals surface area contributed by atoms with Crippen LogP contribution in [0, 0.1) is 10.8 Å². The van der Waals surface area contributed by atoms with E-state index in [4.69, 9.17) is 27.9 Å². The molecule has 30 heavy (non-hydrogen) atoms. The maximum atomic E-state index is 13.0. The molecule has 1 saturated carbocycles. The van der Waals surface area contributed by atoms with Gasteiger partial charge in [0.15, 0.2) is 17.3 Å². The fourth-order valence-electron chi connectivity index (χ4n) is 3.74. The Bertz CT molecular complexity index is 1040. The summed E-state index contributed by atoms with van der Waals surface area (Å²) >= 11 is 12.7. The van der Waals surface area contributed by atoms with Gasteiger partial charge < -0.3 is 9.84 Å². The van der Waals surface area contributed by atoms with Crippen LogP contribution in [-0.4, -0.2) is 35.0 Å². The standard InChI is InChI=1S/C22H20Cl2O6/c1-21(2)17(26)14(18(27)22(3,4)20(21)29)16(25)11-5-6-13(23)12(15(11)24)9-10-7-8-30-19(10)28/h5-7,25H,8-9H2,1-4H3. The first-order valence-electron chi connectivity index (χ1n) is 9.23. The van der Waals surface area contributed by atoms with E-state index in [-0.39, 0.29) is 28.6 Å². The van der Waals surface area contributed by atoms with Crippen molar-refractivity contribution in [2.45, 2.75) is 34.1 Å². The average molecular weight is 451 g/mol. The summed E-state index contributed by atoms with van der Waals surface area (Å²) < 4.78 is 4.88. The lowest BCUT2D eigenvalue weighted by molar-refractivity contribution is -0.151. The van der Waals surface area contributed by atoms with Gasteiger partial charge in [-0.3, -0.25) is 14.4 Å². The van der Waals surface area contributed by atoms with Crippen LogP contribution in [0.25, 0.3) is 5.76 Å². The van der Waals surface area contributed by atoms with E-state index < -0.39 is 45.5 Å². The number of ketones is 3. The van der Waals surface area contributed by atoms with Gasteiger partial charge in [-0.15, -0.1) is 0 Å². The Hall–Kier alpha value is -2.44. The summed E-state index contributed by atoms with van der Waals surface area (Å²) in [6, 6.07) is 2.84. The first-order chi connectivity index (χ1) is 13.8. The molecule has 1 aliphatic heterocycles. The summed E-state index contributed by atoms with van der Waals surface area (Å²) in [6.07, 6.45) is 1.66. The van der Waals surface area contributed by atoms with Gasteiger partial charge in [-0.1, -0.05) is 23.2 Å². The van der Waals surface area contributed by atoms with E-state index >= 15 is 0 Å². The van der Waals surface area contributed by atoms with E-state index in [0.717, 1.165) is 0 Å². The number of aliphatic hydroxyl groups is 1. The minimum absolute atomic E-state index is 0.00112. The van der Waals surface area contributed by atoms with Gasteiger partial charge in [-0.25, -0.2) is 4.79 Å². The van der Waals surface area contributed by atoms with E-state index in [1.54, 1.807) is 6.08 Å². The van der Waals surface area contributed by atoms with Crippen molar-refractivity contribution in [3.05, 3.63) is 50.5 Å². The molecule has 0 atom stereocenters. The second-order valence-electron chi connectivity index (χ2n) is 8.35. The van der Waals surface area contributed by atoms with Crippen LogP contribution in [0.4, 0.5) is 0 Å². The molecule has 0 bridgehead atoms. The molecule has 0 aromatic heterocycles. The number of cyclic esters (lactones) is 1. The van der Waals surface area contributed by atoms with Crippen LogP contribution < -0.4 is 0 Å². The topological polar surface area (TPSA) is 97.7 Å². The van der Waals surface area contributed by atoms with Gasteiger partial charge in [0, 0.05) is 22.6 Å². The molecule has 158 valence electrons. The maximum Gasteiger partial charge on any atom is 0.334 e. The lowest BCUT2D eigenvalue weighted by atomic mass is 9.60. The van der Waals surface area contributed by atoms with Gasteiger partial charge in [0.2, 0.25) is 0 Å². The number of halogens is 2. The predicted octanol–water partition coefficient (Wildman–Crippen LogP) is 4.06. The van der Waals surface area contributed by atoms with Gasteiger partial charge in [0.25, 0.3) is 0 Å². The molecular formula is C22H20Cl2O6. The monoisotopic (exact) mass is 450 g/mol. The molecule has 0 spiro atoms. The lowest BCUT2D eigenvalue weighted by Crippen LogP contribution is -2.54. The van der Waals surface area contributed by atoms with Crippen molar-refractivity contribution in [3.8, 4) is 0 Å². The van der Waals surface area contributed by atoms with Crippen molar-refractivity contribution in [1.82, 2.24) is 0 Å². The third kappa shape index (κ3) is 3.28. The van der Waals surface area contributed by atoms with Gasteiger partial charge in [-0.05, 0) is 51.5 Å². The number of esters is 1. The third-order valence-corrected chi connectivity index (χ3v) is 6.36. The van der Waals surface area contributed by atoms with Crippen LogP contribution in [-0.2, 0) is 30.3 Å². The molecule has 6 nitrogen and oxygen atoms in total. The van der Waals surface area contributed by atoms with E-state index in [2.05, 4.69) is 0 Å². The number of Topliss-reactive ketones (excluding diaryl/α,β-unsaturated/α-hetero) is 3. The summed E-state index contributed by atoms with van der Waals surface area (Å²) in [6.45, 7) is 5.84. The average Bonchev–Trinajstić information content (AvgIpc) is 3.07. The molecule has 1 heterocycles. The van der Waals surface area contributed by atoms with Gasteiger partial charge in [0.1, 0.15) is 17.9 Å². The SMILES string of the molecule is CC1(C)C(=O)C(=C(O)c2ccc(Cl)c(CC3=CCOC3=O)c2Cl)C(=O)C(C)(C)C1=O. The van der Waals surface area contributed by atoms with Crippen LogP contribution in [0.15, 0.2) is 29.4 Å². The summed E-state index contributed by atoms with van der Waals surface area (Å²) in [7, 11) is 0. The van der Waals surface area contributed by atoms with Crippen LogP contribution in [0.3, 0.4) is 0 Å². The Morgan fingerprint density at radius 2 is 1.60 bits per heavy atom. The number of carbonyl (C=O) groups excluding carboxylic acids is 4. The molecule has 8 heteroatoms. The van der Waals surface area contributed by atoms with Crippen molar-refractivity contribution in [2.75, 3.05) is 6.61 Å². The fraction of sp³-hybridized carbons (Fsp3) is 0.364. The number of hydrogen-bond donors (Lipinski definition) is 1. The lowest BCUT2D eigenvalue weighted by Gasteiger charge is -2.37. The fourth-order valence-corrected chi connectivity index (χ4v) is 4.33. The second-order valence-corrected chi connectivity index (χ2v) is 9.14. The number of aliphatic hydroxyl groups excluding tert-OH is 1. The Morgan fingerprint density at radius 1 is 1.03 bits per heavy atom. The number of ether oxygens (including phenoxy) is 1. The zero-order chi connectivity index (χ0) is 22.6. The summed E-state index contributed by atoms with van der Waals surface area (Å²) in [5.74, 6) is -3.18. The molecule has 1 N–H and O–H groups in total. The van der Waals surface area contributed by atoms with E-state index in [1.807, 2.05) is 0 Å². The first-order valence-corrected chi connectivity index (χ1v) is 9.98. The Kier molecular flexibility index (Phi) is 5.46. The van der Waals surface area contributed by atoms with Crippen LogP contribution in [0.2, 0.25) is 10.0 Å². The quantitative estimate of drug-likeness (QED) is 0.245. The second kappa shape index (κ2) is 7.36. The van der Waals surface area contributed by atoms with Crippen molar-refractivity contribution in [3.63, 3.8) is 0 Å². The number of hydrogen-bond acceptors (Lipinski definition) is 6. The Balaban J connectivity index is 2.17. The Labute approximate surface area is 183 Å². The molecule has 0 unspecified atom stereocenters. The molecule has 1 aromatic carbocycles. The molecule has 0 radical (unpaired) electrons. The highest BCUT2D eigenvalue weighted by molar-refractivity contribution is 6.41. The molecule has 0 saturated heterocycles. The van der Waals surface area contributed by atoms with Crippen LogP contribution in [0.1, 0.15) is 38.8 Å². The molecule has 2 aliphatic rings. The van der Waals surface area contributed by atoms with Crippen molar-refractivity contribution >= 4 is 52.3 Å². The zero-order valence-electron chi connectivity index (χ0n) is 16.9. The summed E-state index contributed by atoms with van der Waals surface area (Å²) in [5, 5.41) is 11.2. The molecular weight excluding hydrogens is 431 g/mol. The molecule has 3 rings (SSSR count). The number of rotatable bonds is 3. The van der Waals surface area contributed by atoms with Crippen LogP contribution in [0.5, 0.6) is 0 Å². The van der Waals surface area contributed by atoms with Crippen molar-refractivity contribution < 1.29 is 29.0 Å². The minimum atomic E-state index is -1.49. The summed E-state index contributed by atoms with van der Waals surface area (Å²) in [4.78, 5) is 50.3. The highest BCUT2D eigenvalue weighted by atomic mass is 35.5. The predicted molar refractivity (Wildman–Crippen MR) is 111 cm³/mol. The van der Waals surface area contributed by atoms with Gasteiger partial charge >= 0.3 is 5.97 Å². The molecule has 1 aromatic rings. The highest BCUT2D eigenvalue weighted by Crippen LogP contribution is 2.44. The van der Waals surface area contributed by atoms with Gasteiger partial charge in [0.05, 0.1) is 15.9 Å². The largest absolute Gasteiger partial charge is 0.506 e. The first kappa shape index (κ1) is 22.2. The highest BCUT2D eigenvalue weighted by Gasteiger charge is 2.56. The Morgan fingerprint density at radius 3 is 2.10 bits per heavy atom. The number of allylic oxidation sites excluding steroid dienone is 1. The van der Waals surface area contributed by atoms with E-state index in [1.165, 1.54) is 39.8 Å². The number of benzene rings is 1. The third-order valence-electron chi connectivity index (χ3n) is 5.58. The molecule has 0 amide bonds. The van der Waals surface area contributed by atoms with Crippen LogP contribution >= 0.6 is 23.2 Å². The zero-order valence-corrected chi connectivity index (χ0v) is 18.4. The molecule has 1 fully saturated rings. The van der Waals surface area contributed by atoms with E-state index in [9.17, 15) is 24.3 Å². The smallest absolute Gasteiger partial charge is 0.334 e. The number of carbonyl (C=O) groups is 4. The van der Waals surface area contributed by atoms with Crippen molar-refractivity contribution in [2.24, 2.45) is 10.8 Å². The van der Waals surface area contributed by atoms with Gasteiger partial charge in [-0.2, -0.15) is 0 Å². The minimum Gasteiger partial charge on any atom is -0.506 e. The maximum absolute atomic E-state index is 13.0. The van der Waals surface area contributed by atoms with Crippen molar-refractivity contribution in [1.29, 1.82) is 0 Å². The normalized spacial score (nSPS) is 20.3. The summed E-state index contributed by atoms with van der Waals surface area (Å²) in [5.41, 5.74) is -2.72. The molecule has 1 aliphatic carbocycles. The van der Waals surface area contributed by atoms with E-state index in [0.29, 0.717) is 11.1 Å².